The van der Waals surface area contributed by atoms with E-state index in [4.69, 9.17) is 16.1 Å². The lowest BCUT2D eigenvalue weighted by Gasteiger charge is -1.92. The van der Waals surface area contributed by atoms with Gasteiger partial charge in [0, 0.05) is 22.4 Å². The first-order chi connectivity index (χ1) is 6.79. The first-order valence-corrected chi connectivity index (χ1v) is 5.12. The molecule has 2 rings (SSSR count). The van der Waals surface area contributed by atoms with Crippen molar-refractivity contribution in [2.45, 2.75) is 5.88 Å². The van der Waals surface area contributed by atoms with Gasteiger partial charge in [0.25, 0.3) is 0 Å². The first-order valence-electron chi connectivity index (χ1n) is 3.79. The van der Waals surface area contributed by atoms with Crippen LogP contribution in [0.1, 0.15) is 5.89 Å². The number of hydrogen-bond donors (Lipinski definition) is 0. The van der Waals surface area contributed by atoms with Gasteiger partial charge >= 0.3 is 0 Å². The van der Waals surface area contributed by atoms with Crippen LogP contribution in [0.4, 0.5) is 0 Å². The zero-order valence-corrected chi connectivity index (χ0v) is 9.29. The third kappa shape index (κ3) is 1.93. The lowest BCUT2D eigenvalue weighted by molar-refractivity contribution is 0.391. The first kappa shape index (κ1) is 9.61. The smallest absolute Gasteiger partial charge is 0.241 e. The summed E-state index contributed by atoms with van der Waals surface area (Å²) in [6.07, 6.45) is 3.35. The minimum absolute atomic E-state index is 0.217. The molecule has 0 aliphatic rings. The Hall–Kier alpha value is -0.940. The molecule has 2 heterocycles. The van der Waals surface area contributed by atoms with Crippen molar-refractivity contribution in [3.8, 4) is 11.4 Å². The van der Waals surface area contributed by atoms with Crippen LogP contribution in [-0.4, -0.2) is 15.1 Å². The van der Waals surface area contributed by atoms with Crippen molar-refractivity contribution in [2.24, 2.45) is 0 Å². The molecule has 0 saturated heterocycles. The molecule has 0 saturated carbocycles. The fourth-order valence-electron chi connectivity index (χ4n) is 0.961. The topological polar surface area (TPSA) is 51.8 Å². The molecule has 2 aromatic heterocycles. The highest BCUT2D eigenvalue weighted by atomic mass is 79.9. The Morgan fingerprint density at radius 2 is 2.29 bits per heavy atom. The van der Waals surface area contributed by atoms with Crippen molar-refractivity contribution in [3.05, 3.63) is 28.8 Å². The highest BCUT2D eigenvalue weighted by Crippen LogP contribution is 2.19. The van der Waals surface area contributed by atoms with E-state index in [1.165, 1.54) is 0 Å². The fourth-order valence-corrected chi connectivity index (χ4v) is 1.43. The zero-order chi connectivity index (χ0) is 9.97. The van der Waals surface area contributed by atoms with E-state index >= 15 is 0 Å². The van der Waals surface area contributed by atoms with Crippen LogP contribution in [-0.2, 0) is 5.88 Å². The van der Waals surface area contributed by atoms with E-state index in [9.17, 15) is 0 Å². The molecular formula is C8H5BrClN3O. The van der Waals surface area contributed by atoms with Crippen LogP contribution in [0.25, 0.3) is 11.4 Å². The summed E-state index contributed by atoms with van der Waals surface area (Å²) in [4.78, 5) is 8.06. The summed E-state index contributed by atoms with van der Waals surface area (Å²) >= 11 is 8.85. The van der Waals surface area contributed by atoms with Crippen molar-refractivity contribution >= 4 is 27.5 Å². The van der Waals surface area contributed by atoms with Crippen LogP contribution in [0.2, 0.25) is 0 Å². The van der Waals surface area contributed by atoms with Gasteiger partial charge in [-0.25, -0.2) is 0 Å². The molecule has 6 heteroatoms. The number of pyridine rings is 1. The van der Waals surface area contributed by atoms with E-state index in [1.54, 1.807) is 12.4 Å². The summed E-state index contributed by atoms with van der Waals surface area (Å²) in [5, 5.41) is 3.77. The Labute approximate surface area is 93.4 Å². The van der Waals surface area contributed by atoms with Gasteiger partial charge in [-0.1, -0.05) is 5.16 Å². The molecule has 4 nitrogen and oxygen atoms in total. The number of rotatable bonds is 2. The van der Waals surface area contributed by atoms with Crippen molar-refractivity contribution in [2.75, 3.05) is 0 Å². The van der Waals surface area contributed by atoms with Crippen LogP contribution in [0.5, 0.6) is 0 Å². The summed E-state index contributed by atoms with van der Waals surface area (Å²) in [6, 6.07) is 1.86. The Balaban J connectivity index is 2.39. The Morgan fingerprint density at radius 3 is 2.93 bits per heavy atom. The molecule has 0 aliphatic carbocycles. The molecule has 0 unspecified atom stereocenters. The van der Waals surface area contributed by atoms with E-state index in [0.29, 0.717) is 11.7 Å². The van der Waals surface area contributed by atoms with E-state index in [1.807, 2.05) is 6.07 Å². The largest absolute Gasteiger partial charge is 0.338 e. The van der Waals surface area contributed by atoms with Crippen LogP contribution < -0.4 is 0 Å². The average molecular weight is 275 g/mol. The molecule has 0 spiro atoms. The molecule has 72 valence electrons. The predicted octanol–water partition coefficient (Wildman–Crippen LogP) is 2.63. The molecule has 0 aromatic carbocycles. The highest BCUT2D eigenvalue weighted by Gasteiger charge is 2.07. The van der Waals surface area contributed by atoms with Crippen molar-refractivity contribution in [1.82, 2.24) is 15.1 Å². The van der Waals surface area contributed by atoms with Crippen LogP contribution >= 0.6 is 27.5 Å². The Kier molecular flexibility index (Phi) is 2.79. The minimum atomic E-state index is 0.217. The molecular weight excluding hydrogens is 269 g/mol. The third-order valence-electron chi connectivity index (χ3n) is 1.55. The van der Waals surface area contributed by atoms with Gasteiger partial charge in [0.15, 0.2) is 0 Å². The SMILES string of the molecule is ClCc1nc(-c2cncc(Br)c2)no1. The van der Waals surface area contributed by atoms with Gasteiger partial charge in [0.05, 0.1) is 0 Å². The van der Waals surface area contributed by atoms with Gasteiger partial charge in [-0.3, -0.25) is 4.98 Å². The van der Waals surface area contributed by atoms with Crippen LogP contribution in [0.3, 0.4) is 0 Å². The number of alkyl halides is 1. The maximum Gasteiger partial charge on any atom is 0.241 e. The van der Waals surface area contributed by atoms with E-state index in [-0.39, 0.29) is 5.88 Å². The highest BCUT2D eigenvalue weighted by molar-refractivity contribution is 9.10. The number of aromatic nitrogens is 3. The second kappa shape index (κ2) is 4.06. The fraction of sp³-hybridized carbons (Fsp3) is 0.125. The lowest BCUT2D eigenvalue weighted by Crippen LogP contribution is -1.83. The van der Waals surface area contributed by atoms with Crippen molar-refractivity contribution in [1.29, 1.82) is 0 Å². The molecule has 0 N–H and O–H groups in total. The third-order valence-corrected chi connectivity index (χ3v) is 2.21. The summed E-state index contributed by atoms with van der Waals surface area (Å²) < 4.78 is 5.74. The predicted molar refractivity (Wildman–Crippen MR) is 54.8 cm³/mol. The van der Waals surface area contributed by atoms with Crippen LogP contribution in [0, 0.1) is 0 Å². The van der Waals surface area contributed by atoms with Gasteiger partial charge in [0.1, 0.15) is 5.88 Å². The minimum Gasteiger partial charge on any atom is -0.338 e. The van der Waals surface area contributed by atoms with Gasteiger partial charge < -0.3 is 4.52 Å². The second-order valence-electron chi connectivity index (χ2n) is 2.54. The van der Waals surface area contributed by atoms with Gasteiger partial charge in [0.2, 0.25) is 11.7 Å². The molecule has 0 bridgehead atoms. The molecule has 0 fully saturated rings. The number of nitrogens with zero attached hydrogens (tertiary/aromatic N) is 3. The van der Waals surface area contributed by atoms with Crippen LogP contribution in [0.15, 0.2) is 27.5 Å². The summed E-state index contributed by atoms with van der Waals surface area (Å²) in [6.45, 7) is 0. The monoisotopic (exact) mass is 273 g/mol. The average Bonchev–Trinajstić information content (AvgIpc) is 2.66. The molecule has 0 aliphatic heterocycles. The van der Waals surface area contributed by atoms with Gasteiger partial charge in [-0.05, 0) is 22.0 Å². The van der Waals surface area contributed by atoms with Gasteiger partial charge in [-0.15, -0.1) is 11.6 Å². The van der Waals surface area contributed by atoms with Gasteiger partial charge in [-0.2, -0.15) is 4.98 Å². The van der Waals surface area contributed by atoms with E-state index in [2.05, 4.69) is 31.1 Å². The maximum absolute atomic E-state index is 5.54. The quantitative estimate of drug-likeness (QED) is 0.790. The maximum atomic E-state index is 5.54. The molecule has 0 amide bonds. The summed E-state index contributed by atoms with van der Waals surface area (Å²) in [5.41, 5.74) is 0.791. The van der Waals surface area contributed by atoms with Crippen molar-refractivity contribution in [3.63, 3.8) is 0 Å². The standard InChI is InChI=1S/C8H5BrClN3O/c9-6-1-5(3-11-4-6)8-12-7(2-10)14-13-8/h1,3-4H,2H2. The normalized spacial score (nSPS) is 10.4. The summed E-state index contributed by atoms with van der Waals surface area (Å²) in [7, 11) is 0. The summed E-state index contributed by atoms with van der Waals surface area (Å²) in [5.74, 6) is 1.12. The molecule has 0 atom stereocenters. The molecule has 0 radical (unpaired) electrons. The number of halogens is 2. The molecule has 2 aromatic rings. The van der Waals surface area contributed by atoms with Crippen molar-refractivity contribution < 1.29 is 4.52 Å². The van der Waals surface area contributed by atoms with E-state index < -0.39 is 0 Å². The molecule has 14 heavy (non-hydrogen) atoms. The number of hydrogen-bond acceptors (Lipinski definition) is 4. The Bertz CT molecular complexity index is 446. The zero-order valence-electron chi connectivity index (χ0n) is 6.94. The lowest BCUT2D eigenvalue weighted by atomic mass is 10.3. The van der Waals surface area contributed by atoms with E-state index in [0.717, 1.165) is 10.0 Å². The second-order valence-corrected chi connectivity index (χ2v) is 3.72. The Morgan fingerprint density at radius 1 is 1.43 bits per heavy atom.